The van der Waals surface area contributed by atoms with E-state index in [2.05, 4.69) is 56.5 Å². The summed E-state index contributed by atoms with van der Waals surface area (Å²) in [7, 11) is 0. The van der Waals surface area contributed by atoms with Crippen LogP contribution in [0.3, 0.4) is 0 Å². The van der Waals surface area contributed by atoms with Gasteiger partial charge in [-0.1, -0.05) is 221 Å². The molecule has 0 spiro atoms. The molecule has 0 aliphatic heterocycles. The van der Waals surface area contributed by atoms with Crippen LogP contribution in [0.1, 0.15) is 213 Å². The van der Waals surface area contributed by atoms with Crippen molar-refractivity contribution >= 4 is 11.9 Å². The highest BCUT2D eigenvalue weighted by Gasteiger charge is 2.24. The summed E-state index contributed by atoms with van der Waals surface area (Å²) < 4.78 is 5.88. The first kappa shape index (κ1) is 56.0. The van der Waals surface area contributed by atoms with Crippen LogP contribution >= 0.6 is 0 Å². The number of nitrogens with one attached hydrogen (secondary N) is 1. The van der Waals surface area contributed by atoms with E-state index in [1.807, 2.05) is 54.7 Å². The molecule has 0 heterocycles. The minimum Gasteiger partial charge on any atom is -0.462 e. The Morgan fingerprint density at radius 1 is 0.508 bits per heavy atom. The van der Waals surface area contributed by atoms with Gasteiger partial charge in [-0.25, -0.2) is 0 Å². The third kappa shape index (κ3) is 41.6. The number of amides is 1. The second kappa shape index (κ2) is 46.1. The molecule has 0 radical (unpaired) electrons. The number of aliphatic hydroxyl groups excluding tert-OH is 2. The lowest BCUT2D eigenvalue weighted by Crippen LogP contribution is -2.46. The van der Waals surface area contributed by atoms with Gasteiger partial charge in [0.1, 0.15) is 6.10 Å². The van der Waals surface area contributed by atoms with Crippen LogP contribution in [0.15, 0.2) is 85.1 Å². The molecule has 0 rings (SSSR count). The van der Waals surface area contributed by atoms with Crippen LogP contribution in [-0.2, 0) is 14.3 Å². The first-order chi connectivity index (χ1) is 29.0. The standard InChI is InChI=1S/C53H91NO5/c1-4-7-10-13-16-19-22-24-25-26-27-28-31-34-37-40-43-46-53(58)59-49(44-41-38-35-32-30-23-20-17-14-11-8-5-2)47-52(57)54-50(48-55)51(56)45-42-39-36-33-29-21-18-15-12-9-6-3/h7,10,13,16,19,22,24-28,31-32,35,49-51,55-56H,4-6,8-9,11-12,14-15,17-18,20-21,23,29-30,33-34,36-48H2,1-3H3,(H,54,57)/b10-7-,16-13+,22-19+,25-24-,27-26+,31-28+,35-32-. The van der Waals surface area contributed by atoms with Crippen molar-refractivity contribution in [2.75, 3.05) is 6.61 Å². The van der Waals surface area contributed by atoms with Crippen molar-refractivity contribution in [2.45, 2.75) is 232 Å². The van der Waals surface area contributed by atoms with Crippen molar-refractivity contribution in [3.05, 3.63) is 85.1 Å². The quantitative estimate of drug-likeness (QED) is 0.0247. The molecule has 59 heavy (non-hydrogen) atoms. The zero-order valence-electron chi connectivity index (χ0n) is 38.4. The Hall–Kier alpha value is -2.96. The average molecular weight is 822 g/mol. The number of aliphatic hydroxyl groups is 2. The lowest BCUT2D eigenvalue weighted by atomic mass is 10.0. The maximum Gasteiger partial charge on any atom is 0.306 e. The molecule has 0 saturated heterocycles. The number of esters is 1. The van der Waals surface area contributed by atoms with Crippen LogP contribution in [0.4, 0.5) is 0 Å². The fourth-order valence-corrected chi connectivity index (χ4v) is 6.93. The minimum atomic E-state index is -0.805. The van der Waals surface area contributed by atoms with E-state index in [1.54, 1.807) is 0 Å². The van der Waals surface area contributed by atoms with Gasteiger partial charge in [0.15, 0.2) is 0 Å². The molecular formula is C53H91NO5. The van der Waals surface area contributed by atoms with Crippen LogP contribution in [0.5, 0.6) is 0 Å². The zero-order valence-corrected chi connectivity index (χ0v) is 38.4. The largest absolute Gasteiger partial charge is 0.462 e. The van der Waals surface area contributed by atoms with Gasteiger partial charge in [-0.3, -0.25) is 9.59 Å². The molecule has 1 amide bonds. The molecule has 0 bridgehead atoms. The molecule has 0 aromatic heterocycles. The Morgan fingerprint density at radius 2 is 0.949 bits per heavy atom. The van der Waals surface area contributed by atoms with Crippen molar-refractivity contribution in [3.8, 4) is 0 Å². The Bertz CT molecular complexity index is 1150. The molecule has 3 unspecified atom stereocenters. The first-order valence-electron chi connectivity index (χ1n) is 24.4. The lowest BCUT2D eigenvalue weighted by molar-refractivity contribution is -0.151. The highest BCUT2D eigenvalue weighted by molar-refractivity contribution is 5.77. The average Bonchev–Trinajstić information content (AvgIpc) is 3.23. The Morgan fingerprint density at radius 3 is 1.47 bits per heavy atom. The Labute approximate surface area is 363 Å². The molecule has 338 valence electrons. The molecule has 0 aromatic carbocycles. The van der Waals surface area contributed by atoms with Gasteiger partial charge in [0, 0.05) is 6.42 Å². The second-order valence-corrected chi connectivity index (χ2v) is 16.3. The number of hydrogen-bond acceptors (Lipinski definition) is 5. The summed E-state index contributed by atoms with van der Waals surface area (Å²) in [5.74, 6) is -0.561. The Balaban J connectivity index is 4.72. The van der Waals surface area contributed by atoms with Crippen molar-refractivity contribution in [3.63, 3.8) is 0 Å². The molecule has 3 N–H and O–H groups in total. The molecule has 3 atom stereocenters. The van der Waals surface area contributed by atoms with Crippen molar-refractivity contribution < 1.29 is 24.5 Å². The SMILES string of the molecule is CC\C=C/C=C/C=C/C=C\C=C\C=C\CCCCCC(=O)OC(CCC/C=C\CCCCCCCCC)CC(=O)NC(CO)C(O)CCCCCCCCCCCCC. The van der Waals surface area contributed by atoms with E-state index in [-0.39, 0.29) is 24.9 Å². The monoisotopic (exact) mass is 822 g/mol. The summed E-state index contributed by atoms with van der Waals surface area (Å²) in [6.07, 6.45) is 59.2. The molecule has 0 aliphatic rings. The second-order valence-electron chi connectivity index (χ2n) is 16.3. The van der Waals surface area contributed by atoms with Crippen LogP contribution < -0.4 is 5.32 Å². The van der Waals surface area contributed by atoms with Crippen LogP contribution in [0.25, 0.3) is 0 Å². The molecule has 6 nitrogen and oxygen atoms in total. The van der Waals surface area contributed by atoms with E-state index in [1.165, 1.54) is 96.3 Å². The molecule has 0 aromatic rings. The fourth-order valence-electron chi connectivity index (χ4n) is 6.93. The maximum atomic E-state index is 13.2. The molecular weight excluding hydrogens is 731 g/mol. The van der Waals surface area contributed by atoms with Gasteiger partial charge < -0.3 is 20.3 Å². The fraction of sp³-hybridized carbons (Fsp3) is 0.698. The van der Waals surface area contributed by atoms with Crippen LogP contribution in [0.2, 0.25) is 0 Å². The van der Waals surface area contributed by atoms with Gasteiger partial charge in [0.2, 0.25) is 5.91 Å². The number of rotatable bonds is 42. The normalized spacial score (nSPS) is 14.1. The summed E-state index contributed by atoms with van der Waals surface area (Å²) in [6, 6.07) is -0.722. The summed E-state index contributed by atoms with van der Waals surface area (Å²) >= 11 is 0. The van der Waals surface area contributed by atoms with Crippen molar-refractivity contribution in [2.24, 2.45) is 0 Å². The lowest BCUT2D eigenvalue weighted by Gasteiger charge is -2.24. The molecule has 6 heteroatoms. The maximum absolute atomic E-state index is 13.2. The zero-order chi connectivity index (χ0) is 43.1. The topological polar surface area (TPSA) is 95.9 Å². The van der Waals surface area contributed by atoms with Gasteiger partial charge in [-0.15, -0.1) is 0 Å². The number of hydrogen-bond donors (Lipinski definition) is 3. The minimum absolute atomic E-state index is 0.0344. The Kier molecular flexibility index (Phi) is 43.8. The van der Waals surface area contributed by atoms with E-state index in [4.69, 9.17) is 4.74 Å². The molecule has 0 aliphatic carbocycles. The molecule has 0 saturated carbocycles. The predicted octanol–water partition coefficient (Wildman–Crippen LogP) is 14.4. The van der Waals surface area contributed by atoms with Gasteiger partial charge in [-0.05, 0) is 64.2 Å². The number of carbonyl (C=O) groups is 2. The summed E-state index contributed by atoms with van der Waals surface area (Å²) in [4.78, 5) is 26.0. The number of ether oxygens (including phenoxy) is 1. The number of carbonyl (C=O) groups excluding carboxylic acids is 2. The number of unbranched alkanes of at least 4 members (excludes halogenated alkanes) is 21. The summed E-state index contributed by atoms with van der Waals surface area (Å²) in [5.41, 5.74) is 0. The third-order valence-corrected chi connectivity index (χ3v) is 10.6. The van der Waals surface area contributed by atoms with Gasteiger partial charge in [0.05, 0.1) is 25.2 Å². The number of allylic oxidation sites excluding steroid dienone is 14. The molecule has 0 fully saturated rings. The van der Waals surface area contributed by atoms with Gasteiger partial charge >= 0.3 is 5.97 Å². The smallest absolute Gasteiger partial charge is 0.306 e. The predicted molar refractivity (Wildman–Crippen MR) is 254 cm³/mol. The van der Waals surface area contributed by atoms with Crippen LogP contribution in [-0.4, -0.2) is 46.9 Å². The van der Waals surface area contributed by atoms with Gasteiger partial charge in [-0.2, -0.15) is 0 Å². The summed E-state index contributed by atoms with van der Waals surface area (Å²) in [6.45, 7) is 6.29. The van der Waals surface area contributed by atoms with E-state index in [0.717, 1.165) is 70.6 Å². The van der Waals surface area contributed by atoms with Gasteiger partial charge in [0.25, 0.3) is 0 Å². The highest BCUT2D eigenvalue weighted by atomic mass is 16.5. The van der Waals surface area contributed by atoms with E-state index in [9.17, 15) is 19.8 Å². The third-order valence-electron chi connectivity index (χ3n) is 10.6. The summed E-state index contributed by atoms with van der Waals surface area (Å²) in [5, 5.41) is 23.7. The highest BCUT2D eigenvalue weighted by Crippen LogP contribution is 2.16. The van der Waals surface area contributed by atoms with E-state index >= 15 is 0 Å². The van der Waals surface area contributed by atoms with E-state index < -0.39 is 18.2 Å². The van der Waals surface area contributed by atoms with Crippen LogP contribution in [0, 0.1) is 0 Å². The van der Waals surface area contributed by atoms with Crippen molar-refractivity contribution in [1.82, 2.24) is 5.32 Å². The van der Waals surface area contributed by atoms with E-state index in [0.29, 0.717) is 19.3 Å². The van der Waals surface area contributed by atoms with Crippen molar-refractivity contribution in [1.29, 1.82) is 0 Å². The first-order valence-corrected chi connectivity index (χ1v) is 24.4.